The van der Waals surface area contributed by atoms with E-state index in [2.05, 4.69) is 30.4 Å². The molecule has 0 atom stereocenters. The number of carbonyl (C=O) groups is 1. The normalized spacial score (nSPS) is 16.9. The van der Waals surface area contributed by atoms with Crippen LogP contribution in [0.5, 0.6) is 0 Å². The third-order valence-electron chi connectivity index (χ3n) is 5.75. The zero-order valence-electron chi connectivity index (χ0n) is 17.6. The van der Waals surface area contributed by atoms with Crippen LogP contribution in [-0.4, -0.2) is 58.5 Å². The number of aliphatic imine (C=N–C) groups is 1. The first kappa shape index (κ1) is 20.1. The number of hydrogen-bond donors (Lipinski definition) is 2. The number of aromatic nitrogens is 4. The van der Waals surface area contributed by atoms with E-state index in [1.165, 1.54) is 12.8 Å². The summed E-state index contributed by atoms with van der Waals surface area (Å²) in [6, 6.07) is 7.67. The van der Waals surface area contributed by atoms with Crippen molar-refractivity contribution in [2.24, 2.45) is 4.99 Å². The molecule has 1 saturated heterocycles. The minimum absolute atomic E-state index is 0.153. The molecule has 0 radical (unpaired) electrons. The van der Waals surface area contributed by atoms with E-state index in [0.29, 0.717) is 29.2 Å². The van der Waals surface area contributed by atoms with E-state index in [1.807, 2.05) is 29.2 Å². The van der Waals surface area contributed by atoms with E-state index < -0.39 is 0 Å². The van der Waals surface area contributed by atoms with Gasteiger partial charge in [0.1, 0.15) is 16.7 Å². The van der Waals surface area contributed by atoms with Gasteiger partial charge in [0.2, 0.25) is 5.95 Å². The molecule has 2 aliphatic heterocycles. The number of carbonyl (C=O) groups excluding carboxylic acids is 1. The number of aromatic amines is 1. The number of nitrogens with one attached hydrogen (secondary N) is 2. The summed E-state index contributed by atoms with van der Waals surface area (Å²) >= 11 is 0. The number of rotatable bonds is 4. The zero-order valence-corrected chi connectivity index (χ0v) is 17.6. The summed E-state index contributed by atoms with van der Waals surface area (Å²) in [6.45, 7) is 2.65. The van der Waals surface area contributed by atoms with Crippen molar-refractivity contribution in [1.29, 1.82) is 0 Å². The number of fused-ring (bicyclic) bond motifs is 1. The van der Waals surface area contributed by atoms with Crippen LogP contribution in [0, 0.1) is 0 Å². The second-order valence-electron chi connectivity index (χ2n) is 7.99. The van der Waals surface area contributed by atoms with Crippen LogP contribution in [0.3, 0.4) is 0 Å². The van der Waals surface area contributed by atoms with Crippen LogP contribution < -0.4 is 20.7 Å². The molecule has 32 heavy (non-hydrogen) atoms. The third-order valence-corrected chi connectivity index (χ3v) is 5.75. The van der Waals surface area contributed by atoms with E-state index in [9.17, 15) is 9.59 Å². The highest BCUT2D eigenvalue weighted by Gasteiger charge is 2.18. The van der Waals surface area contributed by atoms with Crippen molar-refractivity contribution in [3.05, 3.63) is 40.8 Å². The van der Waals surface area contributed by atoms with Crippen LogP contribution in [-0.2, 0) is 4.79 Å². The molecule has 10 nitrogen and oxygen atoms in total. The van der Waals surface area contributed by atoms with E-state index >= 15 is 0 Å². The summed E-state index contributed by atoms with van der Waals surface area (Å²) in [5.74, 6) is 0.905. The number of hydrogen-bond acceptors (Lipinski definition) is 8. The van der Waals surface area contributed by atoms with Crippen molar-refractivity contribution >= 4 is 46.2 Å². The van der Waals surface area contributed by atoms with Gasteiger partial charge in [0, 0.05) is 30.7 Å². The van der Waals surface area contributed by atoms with Gasteiger partial charge >= 0.3 is 0 Å². The molecule has 1 amide bonds. The zero-order chi connectivity index (χ0) is 21.9. The Morgan fingerprint density at radius 2 is 1.72 bits per heavy atom. The summed E-state index contributed by atoms with van der Waals surface area (Å²) in [6.07, 6.45) is 7.79. The van der Waals surface area contributed by atoms with Crippen LogP contribution in [0.15, 0.2) is 40.2 Å². The Morgan fingerprint density at radius 3 is 2.47 bits per heavy atom. The van der Waals surface area contributed by atoms with Gasteiger partial charge in [-0.25, -0.2) is 15.1 Å². The third kappa shape index (κ3) is 4.16. The lowest BCUT2D eigenvalue weighted by molar-refractivity contribution is -0.116. The average Bonchev–Trinajstić information content (AvgIpc) is 3.09. The Bertz CT molecular complexity index is 1210. The number of nitrogens with zero attached hydrogens (tertiary/aromatic N) is 6. The molecule has 0 unspecified atom stereocenters. The molecule has 0 aliphatic carbocycles. The fourth-order valence-electron chi connectivity index (χ4n) is 4.09. The van der Waals surface area contributed by atoms with Crippen molar-refractivity contribution in [2.45, 2.75) is 25.7 Å². The molecule has 5 rings (SSSR count). The van der Waals surface area contributed by atoms with Crippen LogP contribution in [0.4, 0.5) is 23.1 Å². The summed E-state index contributed by atoms with van der Waals surface area (Å²) in [5.41, 5.74) is 1.88. The predicted molar refractivity (Wildman–Crippen MR) is 124 cm³/mol. The van der Waals surface area contributed by atoms with Gasteiger partial charge in [0.15, 0.2) is 0 Å². The molecule has 164 valence electrons. The van der Waals surface area contributed by atoms with Crippen molar-refractivity contribution < 1.29 is 4.79 Å². The summed E-state index contributed by atoms with van der Waals surface area (Å²) in [4.78, 5) is 41.4. The van der Waals surface area contributed by atoms with Gasteiger partial charge in [-0.2, -0.15) is 10.1 Å². The summed E-state index contributed by atoms with van der Waals surface area (Å²) in [5, 5.41) is 10.1. The van der Waals surface area contributed by atoms with E-state index in [0.717, 1.165) is 37.3 Å². The van der Waals surface area contributed by atoms with Crippen LogP contribution in [0.2, 0.25) is 0 Å². The molecular weight excluding hydrogens is 408 g/mol. The standard InChI is InChI=1S/C22H24N8O2/c31-18-14-30(12-9-23-18)16-7-5-15(6-8-16)25-20-19-17(13-24-28-21(19)32)26-22(27-20)29-10-3-1-2-4-11-29/h5-9,13H,1-4,10-12,14H2,(H,28,32)(H,25,26,27). The predicted octanol–water partition coefficient (Wildman–Crippen LogP) is 2.25. The van der Waals surface area contributed by atoms with Crippen molar-refractivity contribution in [3.63, 3.8) is 0 Å². The van der Waals surface area contributed by atoms with Crippen LogP contribution >= 0.6 is 0 Å². The van der Waals surface area contributed by atoms with Crippen LogP contribution in [0.25, 0.3) is 10.9 Å². The van der Waals surface area contributed by atoms with E-state index in [1.54, 1.807) is 12.4 Å². The lowest BCUT2D eigenvalue weighted by Gasteiger charge is -2.24. The number of H-pyrrole nitrogens is 1. The van der Waals surface area contributed by atoms with Crippen molar-refractivity contribution in [2.75, 3.05) is 41.3 Å². The monoisotopic (exact) mass is 432 g/mol. The Kier molecular flexibility index (Phi) is 5.49. The first-order valence-electron chi connectivity index (χ1n) is 10.9. The minimum Gasteiger partial charge on any atom is -0.357 e. The largest absolute Gasteiger partial charge is 0.357 e. The van der Waals surface area contributed by atoms with E-state index in [-0.39, 0.29) is 18.0 Å². The molecule has 2 aromatic heterocycles. The molecular formula is C22H24N8O2. The Morgan fingerprint density at radius 1 is 0.938 bits per heavy atom. The highest BCUT2D eigenvalue weighted by atomic mass is 16.1. The summed E-state index contributed by atoms with van der Waals surface area (Å²) in [7, 11) is 0. The molecule has 1 aromatic carbocycles. The maximum atomic E-state index is 12.5. The highest BCUT2D eigenvalue weighted by molar-refractivity contribution is 5.93. The Balaban J connectivity index is 1.47. The second-order valence-corrected chi connectivity index (χ2v) is 7.99. The lowest BCUT2D eigenvalue weighted by Crippen LogP contribution is -2.34. The molecule has 0 saturated carbocycles. The maximum Gasteiger partial charge on any atom is 0.277 e. The number of benzene rings is 1. The topological polar surface area (TPSA) is 119 Å². The molecule has 4 heterocycles. The van der Waals surface area contributed by atoms with Gasteiger partial charge in [-0.05, 0) is 37.1 Å². The van der Waals surface area contributed by atoms with E-state index in [4.69, 9.17) is 4.98 Å². The molecule has 1 fully saturated rings. The van der Waals surface area contributed by atoms with Gasteiger partial charge in [0.05, 0.1) is 19.3 Å². The molecule has 2 aliphatic rings. The second kappa shape index (κ2) is 8.74. The fraction of sp³-hybridized carbons (Fsp3) is 0.364. The number of anilines is 4. The molecule has 2 N–H and O–H groups in total. The smallest absolute Gasteiger partial charge is 0.277 e. The van der Waals surface area contributed by atoms with Gasteiger partial charge in [-0.15, -0.1) is 0 Å². The van der Waals surface area contributed by atoms with Gasteiger partial charge in [-0.1, -0.05) is 12.8 Å². The first-order chi connectivity index (χ1) is 15.7. The quantitative estimate of drug-likeness (QED) is 0.644. The Labute approximate surface area is 184 Å². The Hall–Kier alpha value is -3.82. The maximum absolute atomic E-state index is 12.5. The van der Waals surface area contributed by atoms with Gasteiger partial charge < -0.3 is 15.1 Å². The SMILES string of the molecule is O=C1CN(c2ccc(Nc3nc(N4CCCCCC4)nc4cn[nH]c(=O)c34)cc2)CC=N1. The lowest BCUT2D eigenvalue weighted by atomic mass is 10.2. The van der Waals surface area contributed by atoms with Gasteiger partial charge in [0.25, 0.3) is 11.5 Å². The first-order valence-corrected chi connectivity index (χ1v) is 10.9. The molecule has 10 heteroatoms. The summed E-state index contributed by atoms with van der Waals surface area (Å²) < 4.78 is 0. The molecule has 0 bridgehead atoms. The highest BCUT2D eigenvalue weighted by Crippen LogP contribution is 2.26. The average molecular weight is 432 g/mol. The minimum atomic E-state index is -0.338. The molecule has 0 spiro atoms. The van der Waals surface area contributed by atoms with Crippen LogP contribution in [0.1, 0.15) is 25.7 Å². The van der Waals surface area contributed by atoms with Crippen molar-refractivity contribution in [3.8, 4) is 0 Å². The van der Waals surface area contributed by atoms with Gasteiger partial charge in [-0.3, -0.25) is 9.59 Å². The van der Waals surface area contributed by atoms with Crippen molar-refractivity contribution in [1.82, 2.24) is 20.2 Å². The number of amides is 1. The molecule has 3 aromatic rings. The fourth-order valence-corrected chi connectivity index (χ4v) is 4.09.